The lowest BCUT2D eigenvalue weighted by Crippen LogP contribution is -2.25. The van der Waals surface area contributed by atoms with Gasteiger partial charge in [-0.2, -0.15) is 8.78 Å². The molecule has 0 spiro atoms. The summed E-state index contributed by atoms with van der Waals surface area (Å²) in [6, 6.07) is 4.91. The number of benzene rings is 3. The molecule has 0 heterocycles. The van der Waals surface area contributed by atoms with Gasteiger partial charge in [0.15, 0.2) is 17.5 Å². The van der Waals surface area contributed by atoms with Crippen molar-refractivity contribution in [1.29, 1.82) is 0 Å². The maximum Gasteiger partial charge on any atom is 0.432 e. The van der Waals surface area contributed by atoms with E-state index in [0.29, 0.717) is 40.8 Å². The van der Waals surface area contributed by atoms with Crippen LogP contribution in [0.25, 0.3) is 11.1 Å². The van der Waals surface area contributed by atoms with Crippen LogP contribution in [0.15, 0.2) is 36.4 Å². The smallest absolute Gasteiger partial charge is 0.429 e. The van der Waals surface area contributed by atoms with Gasteiger partial charge < -0.3 is 9.84 Å². The van der Waals surface area contributed by atoms with E-state index < -0.39 is 52.6 Å². The molecule has 0 fully saturated rings. The lowest BCUT2D eigenvalue weighted by atomic mass is 9.91. The second kappa shape index (κ2) is 9.05. The first-order chi connectivity index (χ1) is 15.4. The lowest BCUT2D eigenvalue weighted by molar-refractivity contribution is -0.189. The fraction of sp³-hybridized carbons (Fsp3) is 0.250. The highest BCUT2D eigenvalue weighted by molar-refractivity contribution is 5.72. The normalized spacial score (nSPS) is 12.7. The molecule has 0 radical (unpaired) electrons. The van der Waals surface area contributed by atoms with E-state index in [9.17, 15) is 35.8 Å². The van der Waals surface area contributed by atoms with Crippen LogP contribution in [0.5, 0.6) is 5.75 Å². The van der Waals surface area contributed by atoms with Crippen molar-refractivity contribution >= 4 is 0 Å². The van der Waals surface area contributed by atoms with Crippen LogP contribution in [0.1, 0.15) is 41.7 Å². The van der Waals surface area contributed by atoms with Crippen LogP contribution in [0.3, 0.4) is 0 Å². The maximum absolute atomic E-state index is 14.7. The third kappa shape index (κ3) is 4.83. The van der Waals surface area contributed by atoms with E-state index in [4.69, 9.17) is 0 Å². The number of hydrogen-bond acceptors (Lipinski definition) is 2. The van der Waals surface area contributed by atoms with Gasteiger partial charge in [0.05, 0.1) is 6.10 Å². The van der Waals surface area contributed by atoms with Crippen LogP contribution in [0.4, 0.5) is 30.7 Å². The number of alkyl halides is 2. The van der Waals surface area contributed by atoms with Gasteiger partial charge in [-0.05, 0) is 60.2 Å². The first kappa shape index (κ1) is 24.6. The van der Waals surface area contributed by atoms with Gasteiger partial charge in [0.1, 0.15) is 22.9 Å². The molecule has 0 aliphatic rings. The third-order valence-corrected chi connectivity index (χ3v) is 5.15. The van der Waals surface area contributed by atoms with E-state index in [2.05, 4.69) is 4.74 Å². The largest absolute Gasteiger partial charge is 0.432 e. The summed E-state index contributed by atoms with van der Waals surface area (Å²) in [5.74, 6) is -9.99. The summed E-state index contributed by atoms with van der Waals surface area (Å²) in [4.78, 5) is 0. The van der Waals surface area contributed by atoms with Crippen LogP contribution >= 0.6 is 0 Å². The molecule has 0 amide bonds. The number of aliphatic hydroxyl groups is 1. The molecule has 0 bridgehead atoms. The molecule has 9 heteroatoms. The van der Waals surface area contributed by atoms with Gasteiger partial charge in [0.2, 0.25) is 0 Å². The average molecular weight is 472 g/mol. The zero-order chi connectivity index (χ0) is 24.7. The molecule has 2 nitrogen and oxygen atoms in total. The van der Waals surface area contributed by atoms with Crippen molar-refractivity contribution in [1.82, 2.24) is 0 Å². The molecule has 0 aliphatic heterocycles. The number of aryl methyl sites for hydroxylation is 2. The van der Waals surface area contributed by atoms with Crippen LogP contribution < -0.4 is 4.74 Å². The van der Waals surface area contributed by atoms with Crippen molar-refractivity contribution in [2.75, 3.05) is 0 Å². The minimum Gasteiger partial charge on any atom is -0.429 e. The third-order valence-electron chi connectivity index (χ3n) is 5.15. The van der Waals surface area contributed by atoms with Gasteiger partial charge in [-0.25, -0.2) is 22.0 Å². The fourth-order valence-corrected chi connectivity index (χ4v) is 3.67. The standard InChI is InChI=1S/C24H19F7O2/c1-4-20(32)13-5-11(2)21(12(3)6-13)14-7-16(25)22(17(26)8-14)24(30,31)33-15-9-18(27)23(29)19(28)10-15/h5-10,20,32H,4H2,1-3H3. The van der Waals surface area contributed by atoms with Crippen molar-refractivity contribution in [3.8, 4) is 16.9 Å². The Kier molecular flexibility index (Phi) is 6.74. The minimum absolute atomic E-state index is 0.0315. The summed E-state index contributed by atoms with van der Waals surface area (Å²) in [7, 11) is 0. The van der Waals surface area contributed by atoms with Crippen molar-refractivity contribution in [2.24, 2.45) is 0 Å². The highest BCUT2D eigenvalue weighted by atomic mass is 19.3. The highest BCUT2D eigenvalue weighted by Crippen LogP contribution is 2.39. The number of aliphatic hydroxyl groups excluding tert-OH is 1. The number of ether oxygens (including phenoxy) is 1. The summed E-state index contributed by atoms with van der Waals surface area (Å²) in [5, 5.41) is 10.0. The predicted octanol–water partition coefficient (Wildman–Crippen LogP) is 7.24. The lowest BCUT2D eigenvalue weighted by Gasteiger charge is -2.21. The molecule has 0 aliphatic carbocycles. The molecule has 0 saturated carbocycles. The molecular formula is C24H19F7O2. The first-order valence-corrected chi connectivity index (χ1v) is 9.86. The Bertz CT molecular complexity index is 1140. The van der Waals surface area contributed by atoms with Gasteiger partial charge in [-0.3, -0.25) is 0 Å². The molecule has 1 unspecified atom stereocenters. The van der Waals surface area contributed by atoms with Crippen LogP contribution in [0.2, 0.25) is 0 Å². The summed E-state index contributed by atoms with van der Waals surface area (Å²) in [6.07, 6.45) is -4.94. The summed E-state index contributed by atoms with van der Waals surface area (Å²) in [5.41, 5.74) is 0.306. The summed E-state index contributed by atoms with van der Waals surface area (Å²) in [6.45, 7) is 5.07. The molecule has 3 aromatic carbocycles. The van der Waals surface area contributed by atoms with Gasteiger partial charge in [-0.15, -0.1) is 0 Å². The Balaban J connectivity index is 2.03. The highest BCUT2D eigenvalue weighted by Gasteiger charge is 2.41. The summed E-state index contributed by atoms with van der Waals surface area (Å²) >= 11 is 0. The van der Waals surface area contributed by atoms with E-state index in [0.717, 1.165) is 0 Å². The second-order valence-corrected chi connectivity index (χ2v) is 7.59. The zero-order valence-corrected chi connectivity index (χ0v) is 17.7. The van der Waals surface area contributed by atoms with Gasteiger partial charge in [-0.1, -0.05) is 19.1 Å². The molecule has 176 valence electrons. The monoisotopic (exact) mass is 472 g/mol. The van der Waals surface area contributed by atoms with E-state index in [1.165, 1.54) is 0 Å². The number of rotatable bonds is 6. The van der Waals surface area contributed by atoms with Crippen LogP contribution in [-0.4, -0.2) is 5.11 Å². The van der Waals surface area contributed by atoms with Crippen LogP contribution in [0, 0.1) is 42.9 Å². The van der Waals surface area contributed by atoms with Crippen LogP contribution in [-0.2, 0) is 6.11 Å². The predicted molar refractivity (Wildman–Crippen MR) is 107 cm³/mol. The Labute approximate surface area is 185 Å². The average Bonchev–Trinajstić information content (AvgIpc) is 2.69. The first-order valence-electron chi connectivity index (χ1n) is 9.86. The quantitative estimate of drug-likeness (QED) is 0.303. The Morgan fingerprint density at radius 3 is 1.76 bits per heavy atom. The zero-order valence-electron chi connectivity index (χ0n) is 17.7. The minimum atomic E-state index is -4.66. The van der Waals surface area contributed by atoms with Crippen molar-refractivity contribution in [3.05, 3.63) is 87.7 Å². The molecule has 33 heavy (non-hydrogen) atoms. The molecule has 3 aromatic rings. The molecule has 1 N–H and O–H groups in total. The maximum atomic E-state index is 14.7. The van der Waals surface area contributed by atoms with Gasteiger partial charge in [0, 0.05) is 12.1 Å². The Hall–Kier alpha value is -3.07. The molecular weight excluding hydrogens is 453 g/mol. The summed E-state index contributed by atoms with van der Waals surface area (Å²) < 4.78 is 102. The number of halogens is 7. The SMILES string of the molecule is CCC(O)c1cc(C)c(-c2cc(F)c(C(F)(F)Oc3cc(F)c(F)c(F)c3)c(F)c2)c(C)c1. The van der Waals surface area contributed by atoms with E-state index >= 15 is 0 Å². The molecule has 0 saturated heterocycles. The molecule has 3 rings (SSSR count). The van der Waals surface area contributed by atoms with Crippen molar-refractivity contribution < 1.29 is 40.6 Å². The van der Waals surface area contributed by atoms with E-state index in [1.807, 2.05) is 0 Å². The topological polar surface area (TPSA) is 29.5 Å². The number of hydrogen-bond donors (Lipinski definition) is 1. The molecule has 0 aromatic heterocycles. The molecule has 1 atom stereocenters. The fourth-order valence-electron chi connectivity index (χ4n) is 3.67. The Morgan fingerprint density at radius 2 is 1.30 bits per heavy atom. The van der Waals surface area contributed by atoms with Gasteiger partial charge in [0.25, 0.3) is 0 Å². The van der Waals surface area contributed by atoms with E-state index in [-0.39, 0.29) is 17.7 Å². The second-order valence-electron chi connectivity index (χ2n) is 7.59. The van der Waals surface area contributed by atoms with E-state index in [1.54, 1.807) is 32.9 Å². The van der Waals surface area contributed by atoms with Gasteiger partial charge >= 0.3 is 6.11 Å². The Morgan fingerprint density at radius 1 is 0.818 bits per heavy atom. The van der Waals surface area contributed by atoms with Crippen molar-refractivity contribution in [2.45, 2.75) is 39.4 Å². The van der Waals surface area contributed by atoms with Crippen molar-refractivity contribution in [3.63, 3.8) is 0 Å².